The summed E-state index contributed by atoms with van der Waals surface area (Å²) < 4.78 is 5.62. The number of carbonyl (C=O) groups excluding carboxylic acids is 2. The van der Waals surface area contributed by atoms with Crippen LogP contribution in [0.15, 0.2) is 18.2 Å². The van der Waals surface area contributed by atoms with Gasteiger partial charge in [0.25, 0.3) is 5.91 Å². The van der Waals surface area contributed by atoms with Crippen molar-refractivity contribution in [1.29, 1.82) is 0 Å². The maximum atomic E-state index is 14.3. The van der Waals surface area contributed by atoms with Crippen molar-refractivity contribution >= 4 is 11.9 Å². The molecule has 6 aliphatic rings. The first-order chi connectivity index (χ1) is 16.8. The molecule has 0 radical (unpaired) electrons. The molecule has 7 nitrogen and oxygen atoms in total. The third-order valence-electron chi connectivity index (χ3n) is 10.5. The molecule has 0 aromatic heterocycles. The summed E-state index contributed by atoms with van der Waals surface area (Å²) in [6.45, 7) is 2.11. The molecule has 3 amide bonds. The summed E-state index contributed by atoms with van der Waals surface area (Å²) >= 11 is 0. The number of hydrogen-bond donors (Lipinski definition) is 1. The third-order valence-corrected chi connectivity index (χ3v) is 10.5. The second-order valence-corrected chi connectivity index (χ2v) is 12.4. The molecular weight excluding hydrogens is 442 g/mol. The lowest BCUT2D eigenvalue weighted by Gasteiger charge is -2.66. The molecule has 3 saturated carbocycles. The molecule has 1 spiro atoms. The molecule has 35 heavy (non-hydrogen) atoms. The Hall–Kier alpha value is -2.12. The lowest BCUT2D eigenvalue weighted by molar-refractivity contribution is -0.184. The number of methoxy groups -OCH3 is 1. The molecule has 5 fully saturated rings. The number of hydrogen-bond acceptors (Lipinski definition) is 5. The Morgan fingerprint density at radius 2 is 1.80 bits per heavy atom. The van der Waals surface area contributed by atoms with Crippen LogP contribution in [0.2, 0.25) is 0 Å². The Balaban J connectivity index is 1.37. The van der Waals surface area contributed by atoms with E-state index in [9.17, 15) is 14.7 Å². The van der Waals surface area contributed by atoms with Crippen LogP contribution in [0.4, 0.5) is 4.79 Å². The van der Waals surface area contributed by atoms with Gasteiger partial charge < -0.3 is 19.6 Å². The van der Waals surface area contributed by atoms with Gasteiger partial charge in [-0.2, -0.15) is 0 Å². The van der Waals surface area contributed by atoms with E-state index in [-0.39, 0.29) is 18.0 Å². The van der Waals surface area contributed by atoms with Crippen molar-refractivity contribution < 1.29 is 19.4 Å². The molecule has 1 aromatic carbocycles. The minimum absolute atomic E-state index is 0.00280. The standard InChI is InChI=1S/C28H37N3O4/c1-29-12-11-26-17-27(24(32)30(15-18-3-4-18)25(33)31(27)16-19-5-6-19)9-10-28(26,34)23(29)13-20-7-8-21(35-2)14-22(20)26/h7-8,14,18-19,23,34H,3-6,9-13,15-17H2,1-2H3/t23-,26-,27+,28-/m1/s1. The average Bonchev–Trinajstić information content (AvgIpc) is 3.78. The molecule has 2 bridgehead atoms. The lowest BCUT2D eigenvalue weighted by atomic mass is 9.46. The fourth-order valence-electron chi connectivity index (χ4n) is 8.08. The highest BCUT2D eigenvalue weighted by atomic mass is 16.5. The van der Waals surface area contributed by atoms with E-state index in [2.05, 4.69) is 24.1 Å². The topological polar surface area (TPSA) is 73.3 Å². The van der Waals surface area contributed by atoms with Gasteiger partial charge in [0.05, 0.1) is 12.7 Å². The molecule has 188 valence electrons. The molecule has 2 aliphatic heterocycles. The molecule has 2 heterocycles. The Bertz CT molecular complexity index is 1100. The van der Waals surface area contributed by atoms with E-state index in [0.717, 1.165) is 56.4 Å². The fourth-order valence-corrected chi connectivity index (χ4v) is 8.08. The number of benzene rings is 1. The van der Waals surface area contributed by atoms with Gasteiger partial charge in [-0.25, -0.2) is 4.79 Å². The summed E-state index contributed by atoms with van der Waals surface area (Å²) in [5.41, 5.74) is 0.0272. The Morgan fingerprint density at radius 3 is 2.51 bits per heavy atom. The minimum Gasteiger partial charge on any atom is -0.497 e. The van der Waals surface area contributed by atoms with Crippen LogP contribution < -0.4 is 4.74 Å². The summed E-state index contributed by atoms with van der Waals surface area (Å²) in [5.74, 6) is 1.76. The first kappa shape index (κ1) is 22.1. The summed E-state index contributed by atoms with van der Waals surface area (Å²) in [5, 5.41) is 12.5. The van der Waals surface area contributed by atoms with Gasteiger partial charge >= 0.3 is 6.03 Å². The fraction of sp³-hybridized carbons (Fsp3) is 0.714. The highest BCUT2D eigenvalue weighted by molar-refractivity contribution is 6.07. The van der Waals surface area contributed by atoms with Crippen LogP contribution in [-0.4, -0.2) is 82.7 Å². The largest absolute Gasteiger partial charge is 0.497 e. The van der Waals surface area contributed by atoms with Crippen molar-refractivity contribution in [2.45, 2.75) is 80.4 Å². The van der Waals surface area contributed by atoms with Crippen molar-refractivity contribution in [3.05, 3.63) is 29.3 Å². The predicted octanol–water partition coefficient (Wildman–Crippen LogP) is 2.93. The summed E-state index contributed by atoms with van der Waals surface area (Å²) in [7, 11) is 3.80. The van der Waals surface area contributed by atoms with Crippen LogP contribution in [0.1, 0.15) is 62.5 Å². The number of fused-ring (bicyclic) bond motifs is 1. The van der Waals surface area contributed by atoms with Crippen molar-refractivity contribution in [2.75, 3.05) is 33.8 Å². The first-order valence-electron chi connectivity index (χ1n) is 13.5. The number of nitrogens with zero attached hydrogens (tertiary/aromatic N) is 3. The van der Waals surface area contributed by atoms with Gasteiger partial charge in [-0.15, -0.1) is 0 Å². The quantitative estimate of drug-likeness (QED) is 0.658. The Morgan fingerprint density at radius 1 is 1.06 bits per heavy atom. The van der Waals surface area contributed by atoms with E-state index in [0.29, 0.717) is 44.2 Å². The summed E-state index contributed by atoms with van der Waals surface area (Å²) in [6.07, 6.45) is 7.67. The number of aliphatic hydroxyl groups is 1. The van der Waals surface area contributed by atoms with Gasteiger partial charge in [0.15, 0.2) is 0 Å². The van der Waals surface area contributed by atoms with Crippen LogP contribution in [0.25, 0.3) is 0 Å². The van der Waals surface area contributed by atoms with Crippen molar-refractivity contribution in [2.24, 2.45) is 11.8 Å². The molecule has 4 atom stereocenters. The van der Waals surface area contributed by atoms with Crippen molar-refractivity contribution in [3.63, 3.8) is 0 Å². The molecule has 7 heteroatoms. The highest BCUT2D eigenvalue weighted by Crippen LogP contribution is 2.62. The van der Waals surface area contributed by atoms with Gasteiger partial charge in [0, 0.05) is 24.5 Å². The van der Waals surface area contributed by atoms with Crippen LogP contribution in [0, 0.1) is 11.8 Å². The molecule has 0 unspecified atom stereocenters. The average molecular weight is 480 g/mol. The van der Waals surface area contributed by atoms with Gasteiger partial charge in [0.1, 0.15) is 11.3 Å². The number of likely N-dealkylation sites (N-methyl/N-ethyl adjacent to an activating group) is 1. The second kappa shape index (κ2) is 7.22. The smallest absolute Gasteiger partial charge is 0.327 e. The van der Waals surface area contributed by atoms with E-state index in [1.165, 1.54) is 5.56 Å². The van der Waals surface area contributed by atoms with E-state index in [1.54, 1.807) is 12.0 Å². The van der Waals surface area contributed by atoms with Gasteiger partial charge in [-0.1, -0.05) is 6.07 Å². The van der Waals surface area contributed by atoms with E-state index >= 15 is 0 Å². The number of ether oxygens (including phenoxy) is 1. The zero-order valence-electron chi connectivity index (χ0n) is 21.0. The molecule has 1 N–H and O–H groups in total. The zero-order chi connectivity index (χ0) is 24.2. The molecular formula is C28H37N3O4. The minimum atomic E-state index is -0.927. The maximum Gasteiger partial charge on any atom is 0.327 e. The van der Waals surface area contributed by atoms with Crippen LogP contribution in [0.5, 0.6) is 5.75 Å². The van der Waals surface area contributed by atoms with Gasteiger partial charge in [-0.3, -0.25) is 9.69 Å². The number of urea groups is 1. The monoisotopic (exact) mass is 479 g/mol. The van der Waals surface area contributed by atoms with Gasteiger partial charge in [0.2, 0.25) is 0 Å². The SMILES string of the molecule is COc1ccc2c(c1)[C@]13CCN(C)[C@H](C2)[C@]1(O)CC[C@]1(C3)C(=O)N(CC2CC2)C(=O)N1CC1CC1. The summed E-state index contributed by atoms with van der Waals surface area (Å²) in [6, 6.07) is 6.19. The van der Waals surface area contributed by atoms with Crippen molar-refractivity contribution in [3.8, 4) is 5.75 Å². The van der Waals surface area contributed by atoms with E-state index in [1.807, 2.05) is 11.0 Å². The number of carbonyl (C=O) groups is 2. The van der Waals surface area contributed by atoms with Crippen LogP contribution >= 0.6 is 0 Å². The van der Waals surface area contributed by atoms with Crippen LogP contribution in [-0.2, 0) is 16.6 Å². The molecule has 2 saturated heterocycles. The predicted molar refractivity (Wildman–Crippen MR) is 130 cm³/mol. The third kappa shape index (κ3) is 2.91. The highest BCUT2D eigenvalue weighted by Gasteiger charge is 2.71. The normalized spacial score (nSPS) is 38.7. The Labute approximate surface area is 207 Å². The maximum absolute atomic E-state index is 14.3. The van der Waals surface area contributed by atoms with Crippen molar-refractivity contribution in [1.82, 2.24) is 14.7 Å². The number of amides is 3. The number of imide groups is 1. The Kier molecular flexibility index (Phi) is 4.56. The number of piperidine rings is 1. The van der Waals surface area contributed by atoms with Crippen LogP contribution in [0.3, 0.4) is 0 Å². The molecule has 1 aromatic rings. The second-order valence-electron chi connectivity index (χ2n) is 12.4. The number of likely N-dealkylation sites (tertiary alicyclic amines) is 1. The number of rotatable bonds is 5. The van der Waals surface area contributed by atoms with E-state index in [4.69, 9.17) is 4.74 Å². The lowest BCUT2D eigenvalue weighted by Crippen LogP contribution is -2.76. The van der Waals surface area contributed by atoms with Gasteiger partial charge in [-0.05, 0) is 106 Å². The zero-order valence-corrected chi connectivity index (χ0v) is 21.0. The molecule has 4 aliphatic carbocycles. The first-order valence-corrected chi connectivity index (χ1v) is 13.5. The molecule has 7 rings (SSSR count). The van der Waals surface area contributed by atoms with E-state index < -0.39 is 16.6 Å². The summed E-state index contributed by atoms with van der Waals surface area (Å²) in [4.78, 5) is 33.9.